The van der Waals surface area contributed by atoms with Gasteiger partial charge in [0.1, 0.15) is 84.3 Å². The number of nitrogens with one attached hydrogen (secondary N) is 10. The molecular weight excluding hydrogens is 1780 g/mol. The number of rotatable bonds is 24. The standard InChI is InChI=1S/C93H117F3N16O22S/c1-9-10-25-70-92(133)112-46-58(115)41-73(112)88(129)105-67(42-78(120)121)85(126)107-80(50(4)5)93(134)109(7)71(37-51-19-13-11-14-20-51)86(127)101-63(30-31-77(118)119)90(131)111-45-57(114)40-72(111)87(128)104-66(39-55-43-98-62-24-18-17-23-59(55)62)84(125)103-65(35-53-26-28-56(113)29-27-53)83(124)102-64(32-49(2)3)82(123)106-69(81(122)99-44-75(97)116)47-135-48-76(117)100-68(36-54-33-60(94)79(96)61(95)34-54)89(130)110(8)74(91(132)108(70)6)38-52-21-15-12-16-22-52/h11-24,26-29,33-34,43,49-50,57-58,63-74,80,98,113-115H,9-10,25,30-32,35-42,44-48H2,1-8H3,(H2,97,116)(H,99,122)(H,100,117)(H,101,127)(H,102,124)(H,103,125)(H,104,128)(H,105,129)(H,106,123)(H,107,126)(H,118,119)(H,120,121)/t57-,58-,63+,64+,65+,66+,67+,68+,69+,70+,71+,72-,73-,74+,80+/m1/s1. The maximum Gasteiger partial charge on any atom is 0.305 e. The number of thioether (sulfide) groups is 1. The van der Waals surface area contributed by atoms with E-state index in [-0.39, 0.29) is 44.3 Å². The van der Waals surface area contributed by atoms with E-state index in [1.165, 1.54) is 52.2 Å². The van der Waals surface area contributed by atoms with Crippen molar-refractivity contribution in [3.05, 3.63) is 173 Å². The van der Waals surface area contributed by atoms with Crippen molar-refractivity contribution in [2.45, 2.75) is 215 Å². The fourth-order valence-corrected chi connectivity index (χ4v) is 17.3. The average molecular weight is 1900 g/mol. The van der Waals surface area contributed by atoms with E-state index in [9.17, 15) is 63.5 Å². The number of aromatic nitrogens is 1. The van der Waals surface area contributed by atoms with Gasteiger partial charge in [0.05, 0.1) is 30.9 Å². The molecule has 15 atom stereocenters. The van der Waals surface area contributed by atoms with Gasteiger partial charge in [0.2, 0.25) is 88.6 Å². The number of unbranched alkanes of at least 4 members (excludes halogenated alkanes) is 1. The summed E-state index contributed by atoms with van der Waals surface area (Å²) in [6.45, 7) is 6.06. The van der Waals surface area contributed by atoms with Crippen molar-refractivity contribution in [1.82, 2.24) is 77.3 Å². The number of H-pyrrole nitrogens is 1. The summed E-state index contributed by atoms with van der Waals surface area (Å²) in [6, 6.07) is 6.77. The van der Waals surface area contributed by atoms with E-state index in [0.29, 0.717) is 63.5 Å². The van der Waals surface area contributed by atoms with Crippen LogP contribution in [-0.4, -0.2) is 299 Å². The largest absolute Gasteiger partial charge is 0.508 e. The minimum absolute atomic E-state index is 0.150. The van der Waals surface area contributed by atoms with Crippen LogP contribution in [0.3, 0.4) is 0 Å². The van der Waals surface area contributed by atoms with Gasteiger partial charge < -0.3 is 109 Å². The lowest BCUT2D eigenvalue weighted by atomic mass is 9.98. The van der Waals surface area contributed by atoms with Crippen LogP contribution in [0.1, 0.15) is 120 Å². The fraction of sp³-hybridized carbons (Fsp3) is 0.473. The molecule has 3 saturated heterocycles. The Morgan fingerprint density at radius 1 is 0.511 bits per heavy atom. The zero-order valence-corrected chi connectivity index (χ0v) is 76.7. The first-order chi connectivity index (χ1) is 64.0. The van der Waals surface area contributed by atoms with Gasteiger partial charge >= 0.3 is 11.9 Å². The number of fused-ring (bicyclic) bond motifs is 3. The topological polar surface area (TPSA) is 558 Å². The minimum atomic E-state index is -2.08. The molecule has 15 amide bonds. The lowest BCUT2D eigenvalue weighted by molar-refractivity contribution is -0.152. The molecule has 4 heterocycles. The van der Waals surface area contributed by atoms with Gasteiger partial charge in [-0.25, -0.2) is 13.2 Å². The first-order valence-corrected chi connectivity index (χ1v) is 45.5. The Kier molecular flexibility index (Phi) is 38.1. The molecule has 0 unspecified atom stereocenters. The van der Waals surface area contributed by atoms with Crippen molar-refractivity contribution in [3.8, 4) is 5.75 Å². The number of carbonyl (C=O) groups excluding carboxylic acids is 15. The van der Waals surface area contributed by atoms with Crippen LogP contribution >= 0.6 is 11.8 Å². The van der Waals surface area contributed by atoms with Crippen molar-refractivity contribution < 1.29 is 120 Å². The molecule has 0 saturated carbocycles. The van der Waals surface area contributed by atoms with E-state index in [4.69, 9.17) is 5.73 Å². The third-order valence-corrected chi connectivity index (χ3v) is 24.7. The van der Waals surface area contributed by atoms with Crippen LogP contribution < -0.4 is 53.6 Å². The van der Waals surface area contributed by atoms with E-state index in [0.717, 1.165) is 31.5 Å². The molecule has 0 aliphatic carbocycles. The number of phenolic OH excluding ortho intramolecular Hbond substituents is 1. The van der Waals surface area contributed by atoms with Crippen molar-refractivity contribution in [3.63, 3.8) is 0 Å². The summed E-state index contributed by atoms with van der Waals surface area (Å²) >= 11 is 0.640. The fourth-order valence-electron chi connectivity index (χ4n) is 16.5. The Balaban J connectivity index is 1.15. The summed E-state index contributed by atoms with van der Waals surface area (Å²) in [4.78, 5) is 258. The van der Waals surface area contributed by atoms with Crippen molar-refractivity contribution in [1.29, 1.82) is 0 Å². The van der Waals surface area contributed by atoms with Gasteiger partial charge in [0.15, 0.2) is 17.5 Å². The molecular formula is C93H117F3N16O22S. The number of carbonyl (C=O) groups is 17. The SMILES string of the molecule is CCCC[C@H]1C(=O)N2C[C@H](O)C[C@@H]2C(=O)N[C@@H](CC(=O)O)C(=O)N[C@@H](C(C)C)C(=O)N(C)[C@@H](Cc2ccccc2)C(=O)N[C@@H](CCC(=O)O)C(=O)N2C[C@H](O)C[C@@H]2C(=O)N[C@@H](Cc2c[nH]c3ccccc23)C(=O)N[C@@H](Cc2ccc(O)cc2)C(=O)N[C@@H](CC(C)C)C(=O)N[C@H](C(=O)NCC(N)=O)CSCC(=O)N[C@@H](Cc2cc(F)c(F)c(F)c2)C(=O)N(C)[C@@H](Cc2ccccc2)C(=O)N1C. The predicted molar refractivity (Wildman–Crippen MR) is 484 cm³/mol. The minimum Gasteiger partial charge on any atom is -0.508 e. The average Bonchev–Trinajstić information content (AvgIpc) is 1.68. The molecule has 135 heavy (non-hydrogen) atoms. The van der Waals surface area contributed by atoms with Crippen molar-refractivity contribution in [2.24, 2.45) is 17.6 Å². The molecule has 5 aromatic carbocycles. The number of likely N-dealkylation sites (N-methyl/N-ethyl adjacent to an activating group) is 3. The lowest BCUT2D eigenvalue weighted by Crippen LogP contribution is -2.62. The molecule has 38 nitrogen and oxygen atoms in total. The number of benzene rings is 5. The van der Waals surface area contributed by atoms with Gasteiger partial charge in [0, 0.05) is 108 Å². The summed E-state index contributed by atoms with van der Waals surface area (Å²) in [5.74, 6) is -27.5. The Bertz CT molecular complexity index is 5270. The molecule has 6 aromatic rings. The number of carboxylic acids is 2. The molecule has 0 spiro atoms. The zero-order valence-electron chi connectivity index (χ0n) is 75.9. The van der Waals surface area contributed by atoms with Crippen LogP contribution in [-0.2, 0) is 114 Å². The lowest BCUT2D eigenvalue weighted by Gasteiger charge is -2.38. The third kappa shape index (κ3) is 29.2. The number of amides is 15. The highest BCUT2D eigenvalue weighted by Gasteiger charge is 2.48. The van der Waals surface area contributed by atoms with Crippen LogP contribution in [0.5, 0.6) is 5.75 Å². The zero-order chi connectivity index (χ0) is 98.9. The van der Waals surface area contributed by atoms with Crippen LogP contribution in [0, 0.1) is 29.3 Å². The molecule has 0 bridgehead atoms. The molecule has 9 rings (SSSR count). The van der Waals surface area contributed by atoms with Crippen LogP contribution in [0.25, 0.3) is 10.9 Å². The normalized spacial score (nSPS) is 24.5. The molecule has 42 heteroatoms. The number of aliphatic hydroxyl groups is 2. The number of nitrogens with zero attached hydrogens (tertiary/aromatic N) is 5. The molecule has 3 fully saturated rings. The highest BCUT2D eigenvalue weighted by Crippen LogP contribution is 2.29. The number of carboxylic acid groups (broad SMARTS) is 2. The first kappa shape index (κ1) is 105. The van der Waals surface area contributed by atoms with E-state index in [1.54, 1.807) is 112 Å². The number of aromatic amines is 1. The van der Waals surface area contributed by atoms with Crippen LogP contribution in [0.4, 0.5) is 13.2 Å². The van der Waals surface area contributed by atoms with E-state index in [1.807, 2.05) is 0 Å². The maximum absolute atomic E-state index is 15.7. The number of primary amides is 1. The number of aromatic hydroxyl groups is 1. The summed E-state index contributed by atoms with van der Waals surface area (Å²) in [6.07, 6.45) is -7.15. The molecule has 3 aliphatic rings. The van der Waals surface area contributed by atoms with Crippen LogP contribution in [0.2, 0.25) is 0 Å². The van der Waals surface area contributed by atoms with Gasteiger partial charge in [-0.2, -0.15) is 0 Å². The second-order valence-corrected chi connectivity index (χ2v) is 35.8. The van der Waals surface area contributed by atoms with E-state index < -0.39 is 302 Å². The Morgan fingerprint density at radius 2 is 1.01 bits per heavy atom. The summed E-state index contributed by atoms with van der Waals surface area (Å²) in [5, 5.41) is 77.3. The molecule has 0 radical (unpaired) electrons. The summed E-state index contributed by atoms with van der Waals surface area (Å²) < 4.78 is 45.1. The van der Waals surface area contributed by atoms with E-state index in [2.05, 4.69) is 52.8 Å². The van der Waals surface area contributed by atoms with Crippen LogP contribution in [0.15, 0.2) is 128 Å². The summed E-state index contributed by atoms with van der Waals surface area (Å²) in [7, 11) is 3.54. The Hall–Kier alpha value is -13.5. The monoisotopic (exact) mass is 1900 g/mol. The van der Waals surface area contributed by atoms with Gasteiger partial charge in [-0.1, -0.05) is 138 Å². The number of hydrogen-bond acceptors (Lipinski definition) is 21. The molecule has 3 aliphatic heterocycles. The van der Waals surface area contributed by atoms with Gasteiger partial charge in [0.25, 0.3) is 0 Å². The number of halogens is 3. The number of aliphatic carboxylic acids is 2. The highest BCUT2D eigenvalue weighted by molar-refractivity contribution is 8.00. The maximum atomic E-state index is 15.7. The summed E-state index contributed by atoms with van der Waals surface area (Å²) in [5.41, 5.74) is 7.16. The van der Waals surface area contributed by atoms with E-state index >= 15 is 56.7 Å². The Labute approximate surface area is 780 Å². The molecule has 728 valence electrons. The highest BCUT2D eigenvalue weighted by atomic mass is 32.2. The quantitative estimate of drug-likeness (QED) is 0.0370. The number of para-hydroxylation sites is 1. The Morgan fingerprint density at radius 3 is 1.59 bits per heavy atom. The van der Waals surface area contributed by atoms with Gasteiger partial charge in [-0.3, -0.25) is 81.5 Å². The smallest absolute Gasteiger partial charge is 0.305 e. The van der Waals surface area contributed by atoms with Gasteiger partial charge in [-0.05, 0) is 89.2 Å². The van der Waals surface area contributed by atoms with Crippen molar-refractivity contribution >= 4 is 123 Å². The second-order valence-electron chi connectivity index (χ2n) is 34.8. The molecule has 1 aromatic heterocycles. The molecule has 17 N–H and O–H groups in total. The third-order valence-electron chi connectivity index (χ3n) is 23.7. The first-order valence-electron chi connectivity index (χ1n) is 44.3. The number of phenols is 1. The number of hydrogen-bond donors (Lipinski definition) is 16. The van der Waals surface area contributed by atoms with Gasteiger partial charge in [-0.15, -0.1) is 11.8 Å². The number of aliphatic hydroxyl groups excluding tert-OH is 2. The predicted octanol–water partition coefficient (Wildman–Crippen LogP) is 0.667. The number of nitrogens with two attached hydrogens (primary N) is 1. The van der Waals surface area contributed by atoms with Crippen molar-refractivity contribution in [2.75, 3.05) is 52.3 Å². The second kappa shape index (κ2) is 48.9.